The van der Waals surface area contributed by atoms with Gasteiger partial charge in [0.2, 0.25) is 11.8 Å². The molecule has 1 aromatic heterocycles. The lowest BCUT2D eigenvalue weighted by Crippen LogP contribution is -2.41. The number of fused-ring (bicyclic) bond motifs is 1. The van der Waals surface area contributed by atoms with Crippen LogP contribution in [0.3, 0.4) is 0 Å². The van der Waals surface area contributed by atoms with Crippen molar-refractivity contribution < 1.29 is 28.3 Å². The first-order valence-electron chi connectivity index (χ1n) is 10.2. The first-order valence-corrected chi connectivity index (χ1v) is 11.0. The number of carbonyl (C=O) groups excluding carboxylic acids is 4. The SMILES string of the molecule is COC(=O)c1nc(NC(=O)CC[C@@H]2NC(=O)c3ccccc3NC2=O)sc1-c1ccc(F)cc1. The first-order chi connectivity index (χ1) is 16.4. The van der Waals surface area contributed by atoms with Crippen LogP contribution in [0.25, 0.3) is 10.4 Å². The molecule has 0 saturated carbocycles. The molecule has 0 saturated heterocycles. The van der Waals surface area contributed by atoms with Gasteiger partial charge in [-0.15, -0.1) is 0 Å². The Morgan fingerprint density at radius 2 is 1.88 bits per heavy atom. The largest absolute Gasteiger partial charge is 0.464 e. The van der Waals surface area contributed by atoms with Gasteiger partial charge >= 0.3 is 5.97 Å². The molecular weight excluding hydrogens is 463 g/mol. The Labute approximate surface area is 197 Å². The highest BCUT2D eigenvalue weighted by Gasteiger charge is 2.28. The van der Waals surface area contributed by atoms with Gasteiger partial charge in [0.05, 0.1) is 23.2 Å². The van der Waals surface area contributed by atoms with Gasteiger partial charge in [-0.25, -0.2) is 14.2 Å². The zero-order valence-electron chi connectivity index (χ0n) is 17.9. The van der Waals surface area contributed by atoms with Crippen molar-refractivity contribution in [3.05, 3.63) is 65.6 Å². The molecule has 4 rings (SSSR count). The van der Waals surface area contributed by atoms with Crippen LogP contribution in [0.2, 0.25) is 0 Å². The van der Waals surface area contributed by atoms with Gasteiger partial charge in [0.25, 0.3) is 5.91 Å². The number of hydrogen-bond donors (Lipinski definition) is 3. The lowest BCUT2D eigenvalue weighted by Gasteiger charge is -2.13. The average Bonchev–Trinajstić information content (AvgIpc) is 3.20. The van der Waals surface area contributed by atoms with Crippen LogP contribution in [0, 0.1) is 5.82 Å². The Morgan fingerprint density at radius 1 is 1.15 bits per heavy atom. The number of hydrogen-bond acceptors (Lipinski definition) is 7. The van der Waals surface area contributed by atoms with Gasteiger partial charge in [0, 0.05) is 6.42 Å². The van der Waals surface area contributed by atoms with Crippen LogP contribution in [0.4, 0.5) is 15.2 Å². The van der Waals surface area contributed by atoms with E-state index in [0.717, 1.165) is 11.3 Å². The molecule has 3 N–H and O–H groups in total. The maximum Gasteiger partial charge on any atom is 0.358 e. The summed E-state index contributed by atoms with van der Waals surface area (Å²) in [5, 5.41) is 8.06. The minimum Gasteiger partial charge on any atom is -0.464 e. The van der Waals surface area contributed by atoms with Crippen molar-refractivity contribution in [3.63, 3.8) is 0 Å². The van der Waals surface area contributed by atoms with Gasteiger partial charge in [0.1, 0.15) is 11.9 Å². The normalized spacial score (nSPS) is 14.9. The van der Waals surface area contributed by atoms with Crippen LogP contribution in [0.5, 0.6) is 0 Å². The second-order valence-corrected chi connectivity index (χ2v) is 8.34. The maximum atomic E-state index is 13.3. The van der Waals surface area contributed by atoms with Crippen molar-refractivity contribution in [2.24, 2.45) is 0 Å². The van der Waals surface area contributed by atoms with E-state index in [1.165, 1.54) is 31.4 Å². The Kier molecular flexibility index (Phi) is 6.64. The summed E-state index contributed by atoms with van der Waals surface area (Å²) in [6, 6.07) is 11.2. The predicted octanol–water partition coefficient (Wildman–Crippen LogP) is 3.21. The van der Waals surface area contributed by atoms with Crippen molar-refractivity contribution in [1.82, 2.24) is 10.3 Å². The second kappa shape index (κ2) is 9.79. The Morgan fingerprint density at radius 3 is 2.62 bits per heavy atom. The maximum absolute atomic E-state index is 13.3. The summed E-state index contributed by atoms with van der Waals surface area (Å²) in [6.45, 7) is 0. The van der Waals surface area contributed by atoms with E-state index < -0.39 is 35.5 Å². The van der Waals surface area contributed by atoms with Gasteiger partial charge < -0.3 is 20.7 Å². The third-order valence-corrected chi connectivity index (χ3v) is 6.09. The van der Waals surface area contributed by atoms with E-state index >= 15 is 0 Å². The van der Waals surface area contributed by atoms with Gasteiger partial charge in [-0.1, -0.05) is 35.6 Å². The smallest absolute Gasteiger partial charge is 0.358 e. The summed E-state index contributed by atoms with van der Waals surface area (Å²) >= 11 is 1.03. The van der Waals surface area contributed by atoms with E-state index in [1.807, 2.05) is 0 Å². The Bertz CT molecular complexity index is 1270. The molecule has 1 aliphatic heterocycles. The van der Waals surface area contributed by atoms with Gasteiger partial charge in [0.15, 0.2) is 10.8 Å². The number of esters is 1. The van der Waals surface area contributed by atoms with Crippen LogP contribution >= 0.6 is 11.3 Å². The fourth-order valence-electron chi connectivity index (χ4n) is 3.38. The summed E-state index contributed by atoms with van der Waals surface area (Å²) < 4.78 is 18.0. The molecule has 3 amide bonds. The number of benzene rings is 2. The number of rotatable bonds is 6. The number of carbonyl (C=O) groups is 4. The molecule has 11 heteroatoms. The zero-order valence-corrected chi connectivity index (χ0v) is 18.7. The molecule has 174 valence electrons. The molecule has 0 fully saturated rings. The minimum atomic E-state index is -0.901. The van der Waals surface area contributed by atoms with E-state index in [1.54, 1.807) is 24.3 Å². The number of nitrogens with zero attached hydrogens (tertiary/aromatic N) is 1. The van der Waals surface area contributed by atoms with Crippen LogP contribution in [-0.4, -0.2) is 41.8 Å². The summed E-state index contributed by atoms with van der Waals surface area (Å²) in [4.78, 5) is 54.1. The molecule has 0 bridgehead atoms. The number of halogens is 1. The van der Waals surface area contributed by atoms with Crippen molar-refractivity contribution in [2.45, 2.75) is 18.9 Å². The number of ether oxygens (including phenoxy) is 1. The molecular formula is C23H19FN4O5S. The zero-order chi connectivity index (χ0) is 24.2. The minimum absolute atomic E-state index is 0.0115. The summed E-state index contributed by atoms with van der Waals surface area (Å²) in [7, 11) is 1.21. The summed E-state index contributed by atoms with van der Waals surface area (Å²) in [6.07, 6.45) is -0.0365. The van der Waals surface area contributed by atoms with Crippen molar-refractivity contribution >= 4 is 45.8 Å². The number of amides is 3. The molecule has 1 atom stereocenters. The number of methoxy groups -OCH3 is 1. The third kappa shape index (κ3) is 4.94. The van der Waals surface area contributed by atoms with Crippen molar-refractivity contribution in [3.8, 4) is 10.4 Å². The second-order valence-electron chi connectivity index (χ2n) is 7.34. The molecule has 0 unspecified atom stereocenters. The van der Waals surface area contributed by atoms with Gasteiger partial charge in [-0.05, 0) is 36.2 Å². The van der Waals surface area contributed by atoms with Crippen LogP contribution < -0.4 is 16.0 Å². The predicted molar refractivity (Wildman–Crippen MR) is 123 cm³/mol. The van der Waals surface area contributed by atoms with E-state index in [-0.39, 0.29) is 23.7 Å². The molecule has 9 nitrogen and oxygen atoms in total. The fourth-order valence-corrected chi connectivity index (χ4v) is 4.35. The highest BCUT2D eigenvalue weighted by molar-refractivity contribution is 7.19. The Balaban J connectivity index is 1.44. The van der Waals surface area contributed by atoms with Crippen LogP contribution in [0.1, 0.15) is 33.7 Å². The molecule has 1 aliphatic rings. The molecule has 0 aliphatic carbocycles. The van der Waals surface area contributed by atoms with Gasteiger partial charge in [-0.3, -0.25) is 14.4 Å². The molecule has 2 aromatic carbocycles. The number of nitrogens with one attached hydrogen (secondary N) is 3. The third-order valence-electron chi connectivity index (χ3n) is 5.07. The topological polar surface area (TPSA) is 126 Å². The van der Waals surface area contributed by atoms with Gasteiger partial charge in [-0.2, -0.15) is 0 Å². The number of anilines is 2. The molecule has 0 spiro atoms. The van der Waals surface area contributed by atoms with E-state index in [2.05, 4.69) is 20.9 Å². The lowest BCUT2D eigenvalue weighted by molar-refractivity contribution is -0.118. The number of para-hydroxylation sites is 1. The Hall–Kier alpha value is -4.12. The highest BCUT2D eigenvalue weighted by atomic mass is 32.1. The van der Waals surface area contributed by atoms with Crippen molar-refractivity contribution in [2.75, 3.05) is 17.7 Å². The van der Waals surface area contributed by atoms with Crippen LogP contribution in [0.15, 0.2) is 48.5 Å². The molecule has 34 heavy (non-hydrogen) atoms. The average molecular weight is 482 g/mol. The summed E-state index contributed by atoms with van der Waals surface area (Å²) in [5.74, 6) is -2.43. The first kappa shape index (κ1) is 23.1. The number of aromatic nitrogens is 1. The quantitative estimate of drug-likeness (QED) is 0.463. The molecule has 0 radical (unpaired) electrons. The number of thiazole rings is 1. The van der Waals surface area contributed by atoms with Crippen LogP contribution in [-0.2, 0) is 14.3 Å². The summed E-state index contributed by atoms with van der Waals surface area (Å²) in [5.41, 5.74) is 1.28. The van der Waals surface area contributed by atoms with Crippen molar-refractivity contribution in [1.29, 1.82) is 0 Å². The molecule has 2 heterocycles. The standard InChI is InChI=1S/C23H19FN4O5S/c1-33-22(32)18-19(12-6-8-13(24)9-7-12)34-23(28-18)27-17(29)11-10-16-21(31)25-15-5-3-2-4-14(15)20(30)26-16/h2-9,16H,10-11H2,1H3,(H,25,31)(H,26,30)(H,27,28,29)/t16-/m0/s1. The van der Waals surface area contributed by atoms with E-state index in [4.69, 9.17) is 4.74 Å². The highest BCUT2D eigenvalue weighted by Crippen LogP contribution is 2.34. The monoisotopic (exact) mass is 482 g/mol. The van der Waals surface area contributed by atoms with E-state index in [0.29, 0.717) is 21.7 Å². The molecule has 3 aromatic rings. The van der Waals surface area contributed by atoms with E-state index in [9.17, 15) is 23.6 Å². The fraction of sp³-hybridized carbons (Fsp3) is 0.174. The lowest BCUT2D eigenvalue weighted by atomic mass is 10.1.